The zero-order valence-electron chi connectivity index (χ0n) is 17.0. The van der Waals surface area contributed by atoms with Crippen molar-refractivity contribution in [1.29, 1.82) is 0 Å². The number of amides is 1. The molecule has 0 aliphatic heterocycles. The highest BCUT2D eigenvalue weighted by Gasteiger charge is 2.20. The highest BCUT2D eigenvalue weighted by molar-refractivity contribution is 9.10. The zero-order valence-corrected chi connectivity index (χ0v) is 18.6. The molecule has 1 amide bonds. The van der Waals surface area contributed by atoms with Gasteiger partial charge in [-0.05, 0) is 67.8 Å². The lowest BCUT2D eigenvalue weighted by atomic mass is 10.1. The van der Waals surface area contributed by atoms with E-state index in [9.17, 15) is 4.79 Å². The zero-order chi connectivity index (χ0) is 21.3. The molecule has 0 fully saturated rings. The molecule has 0 aliphatic carbocycles. The van der Waals surface area contributed by atoms with Crippen LogP contribution in [0.25, 0.3) is 17.1 Å². The fraction of sp³-hybridized carbons (Fsp3) is 0.125. The first-order chi connectivity index (χ1) is 14.4. The van der Waals surface area contributed by atoms with Gasteiger partial charge in [0.1, 0.15) is 0 Å². The number of carbonyl (C=O) groups excluding carboxylic acids is 1. The molecule has 0 saturated heterocycles. The number of aryl methyl sites for hydroxylation is 3. The lowest BCUT2D eigenvalue weighted by Gasteiger charge is -2.10. The van der Waals surface area contributed by atoms with E-state index in [4.69, 9.17) is 0 Å². The van der Waals surface area contributed by atoms with Crippen LogP contribution in [0.4, 0.5) is 5.69 Å². The molecule has 1 N–H and O–H groups in total. The van der Waals surface area contributed by atoms with Gasteiger partial charge in [-0.1, -0.05) is 52.3 Å². The van der Waals surface area contributed by atoms with E-state index in [-0.39, 0.29) is 11.7 Å². The summed E-state index contributed by atoms with van der Waals surface area (Å²) < 4.78 is 2.72. The van der Waals surface area contributed by atoms with Crippen LogP contribution in [0.1, 0.15) is 27.3 Å². The number of rotatable bonds is 4. The molecule has 4 aromatic rings. The van der Waals surface area contributed by atoms with Gasteiger partial charge < -0.3 is 5.32 Å². The third kappa shape index (κ3) is 4.19. The quantitative estimate of drug-likeness (QED) is 0.413. The second kappa shape index (κ2) is 8.24. The number of hydrogen-bond acceptors (Lipinski definition) is 3. The second-order valence-electron chi connectivity index (χ2n) is 7.29. The van der Waals surface area contributed by atoms with E-state index >= 15 is 0 Å². The Morgan fingerprint density at radius 3 is 2.40 bits per heavy atom. The molecule has 3 aromatic carbocycles. The minimum absolute atomic E-state index is 0.121. The summed E-state index contributed by atoms with van der Waals surface area (Å²) in [7, 11) is 0. The predicted molar refractivity (Wildman–Crippen MR) is 123 cm³/mol. The average Bonchev–Trinajstić information content (AvgIpc) is 3.16. The molecule has 6 heteroatoms. The largest absolute Gasteiger partial charge is 0.319 e. The van der Waals surface area contributed by atoms with Crippen LogP contribution < -0.4 is 5.32 Å². The van der Waals surface area contributed by atoms with Crippen LogP contribution in [0.15, 0.2) is 71.2 Å². The maximum absolute atomic E-state index is 12.9. The number of aromatic nitrogens is 3. The van der Waals surface area contributed by atoms with Crippen molar-refractivity contribution in [1.82, 2.24) is 14.8 Å². The van der Waals surface area contributed by atoms with Gasteiger partial charge in [-0.25, -0.2) is 9.67 Å². The fourth-order valence-electron chi connectivity index (χ4n) is 3.22. The first-order valence-corrected chi connectivity index (χ1v) is 10.4. The number of carbonyl (C=O) groups is 1. The van der Waals surface area contributed by atoms with Gasteiger partial charge in [0.2, 0.25) is 5.82 Å². The maximum Gasteiger partial charge on any atom is 0.295 e. The van der Waals surface area contributed by atoms with E-state index in [0.717, 1.165) is 32.4 Å². The third-order valence-electron chi connectivity index (χ3n) is 4.78. The van der Waals surface area contributed by atoms with Gasteiger partial charge in [0.15, 0.2) is 5.82 Å². The summed E-state index contributed by atoms with van der Waals surface area (Å²) in [5.41, 5.74) is 5.72. The SMILES string of the molecule is Cc1cccc(NC(=O)c2nc(-c3ccc(Br)cc3)n(-c3cc(C)ccc3C)n2)c1. The summed E-state index contributed by atoms with van der Waals surface area (Å²) in [6.07, 6.45) is 0. The van der Waals surface area contributed by atoms with Crippen LogP contribution in [0.3, 0.4) is 0 Å². The van der Waals surface area contributed by atoms with Crippen molar-refractivity contribution in [2.45, 2.75) is 20.8 Å². The molecule has 1 aromatic heterocycles. The smallest absolute Gasteiger partial charge is 0.295 e. The van der Waals surface area contributed by atoms with Crippen LogP contribution in [0, 0.1) is 20.8 Å². The number of benzene rings is 3. The summed E-state index contributed by atoms with van der Waals surface area (Å²) >= 11 is 3.47. The average molecular weight is 461 g/mol. The maximum atomic E-state index is 12.9. The molecule has 0 spiro atoms. The lowest BCUT2D eigenvalue weighted by molar-refractivity contribution is 0.101. The third-order valence-corrected chi connectivity index (χ3v) is 5.31. The van der Waals surface area contributed by atoms with E-state index in [2.05, 4.69) is 43.5 Å². The Bertz CT molecular complexity index is 1230. The summed E-state index contributed by atoms with van der Waals surface area (Å²) in [4.78, 5) is 17.5. The van der Waals surface area contributed by atoms with Crippen LogP contribution >= 0.6 is 15.9 Å². The highest BCUT2D eigenvalue weighted by atomic mass is 79.9. The molecule has 5 nitrogen and oxygen atoms in total. The van der Waals surface area contributed by atoms with Gasteiger partial charge in [0.25, 0.3) is 5.91 Å². The van der Waals surface area contributed by atoms with Gasteiger partial charge in [-0.15, -0.1) is 5.10 Å². The molecule has 0 atom stereocenters. The van der Waals surface area contributed by atoms with Crippen molar-refractivity contribution < 1.29 is 4.79 Å². The summed E-state index contributed by atoms with van der Waals surface area (Å²) in [5.74, 6) is 0.393. The summed E-state index contributed by atoms with van der Waals surface area (Å²) in [5, 5.41) is 7.47. The molecule has 30 heavy (non-hydrogen) atoms. The molecule has 4 rings (SSSR count). The first-order valence-electron chi connectivity index (χ1n) is 9.59. The Labute approximate surface area is 183 Å². The van der Waals surface area contributed by atoms with Crippen LogP contribution in [-0.4, -0.2) is 20.7 Å². The predicted octanol–water partition coefficient (Wildman–Crippen LogP) is 5.87. The van der Waals surface area contributed by atoms with E-state index in [1.807, 2.05) is 75.4 Å². The Balaban J connectivity index is 1.80. The van der Waals surface area contributed by atoms with Crippen molar-refractivity contribution in [3.63, 3.8) is 0 Å². The number of halogens is 1. The molecule has 1 heterocycles. The molecular formula is C24H21BrN4O. The molecule has 0 saturated carbocycles. The van der Waals surface area contributed by atoms with E-state index in [1.54, 1.807) is 4.68 Å². The van der Waals surface area contributed by atoms with Crippen molar-refractivity contribution in [3.8, 4) is 17.1 Å². The van der Waals surface area contributed by atoms with Crippen molar-refractivity contribution in [2.24, 2.45) is 0 Å². The number of nitrogens with one attached hydrogen (secondary N) is 1. The molecule has 0 radical (unpaired) electrons. The Morgan fingerprint density at radius 2 is 1.67 bits per heavy atom. The second-order valence-corrected chi connectivity index (χ2v) is 8.21. The number of anilines is 1. The molecule has 0 aliphatic rings. The Morgan fingerprint density at radius 1 is 0.933 bits per heavy atom. The van der Waals surface area contributed by atoms with Gasteiger partial charge in [-0.2, -0.15) is 0 Å². The minimum atomic E-state index is -0.344. The Hall–Kier alpha value is -3.25. The van der Waals surface area contributed by atoms with E-state index < -0.39 is 0 Å². The fourth-order valence-corrected chi connectivity index (χ4v) is 3.48. The highest BCUT2D eigenvalue weighted by Crippen LogP contribution is 2.25. The topological polar surface area (TPSA) is 59.8 Å². The Kier molecular flexibility index (Phi) is 5.50. The van der Waals surface area contributed by atoms with Crippen LogP contribution in [0.5, 0.6) is 0 Å². The van der Waals surface area contributed by atoms with E-state index in [0.29, 0.717) is 11.5 Å². The summed E-state index contributed by atoms with van der Waals surface area (Å²) in [6.45, 7) is 6.04. The van der Waals surface area contributed by atoms with Gasteiger partial charge in [0.05, 0.1) is 5.69 Å². The normalized spacial score (nSPS) is 10.8. The van der Waals surface area contributed by atoms with Crippen molar-refractivity contribution >= 4 is 27.5 Å². The van der Waals surface area contributed by atoms with E-state index in [1.165, 1.54) is 0 Å². The first kappa shape index (κ1) is 20.0. The van der Waals surface area contributed by atoms with Crippen LogP contribution in [0.2, 0.25) is 0 Å². The molecular weight excluding hydrogens is 440 g/mol. The number of nitrogens with zero attached hydrogens (tertiary/aromatic N) is 3. The molecule has 150 valence electrons. The van der Waals surface area contributed by atoms with Gasteiger partial charge in [0, 0.05) is 15.7 Å². The minimum Gasteiger partial charge on any atom is -0.319 e. The van der Waals surface area contributed by atoms with Crippen molar-refractivity contribution in [2.75, 3.05) is 5.32 Å². The lowest BCUT2D eigenvalue weighted by Crippen LogP contribution is -2.14. The molecule has 0 unspecified atom stereocenters. The molecule has 0 bridgehead atoms. The van der Waals surface area contributed by atoms with Crippen LogP contribution in [-0.2, 0) is 0 Å². The van der Waals surface area contributed by atoms with Gasteiger partial charge >= 0.3 is 0 Å². The summed E-state index contributed by atoms with van der Waals surface area (Å²) in [6, 6.07) is 21.6. The number of hydrogen-bond donors (Lipinski definition) is 1. The van der Waals surface area contributed by atoms with Gasteiger partial charge in [-0.3, -0.25) is 4.79 Å². The monoisotopic (exact) mass is 460 g/mol. The standard InChI is InChI=1S/C24H21BrN4O/c1-15-5-4-6-20(13-15)26-24(30)22-27-23(18-9-11-19(25)12-10-18)29(28-22)21-14-16(2)7-8-17(21)3/h4-14H,1-3H3,(H,26,30). The van der Waals surface area contributed by atoms with Crippen molar-refractivity contribution in [3.05, 3.63) is 93.7 Å².